The van der Waals surface area contributed by atoms with E-state index in [1.165, 1.54) is 23.7 Å². The average Bonchev–Trinajstić information content (AvgIpc) is 3.62. The molecule has 3 aromatic heterocycles. The van der Waals surface area contributed by atoms with Crippen molar-refractivity contribution in [2.75, 3.05) is 18.4 Å². The van der Waals surface area contributed by atoms with Gasteiger partial charge in [0.15, 0.2) is 5.13 Å². The number of carbonyl (C=O) groups excluding carboxylic acids is 1. The molecule has 3 N–H and O–H groups in total. The van der Waals surface area contributed by atoms with Gasteiger partial charge in [-0.25, -0.2) is 28.8 Å². The fourth-order valence-electron chi connectivity index (χ4n) is 4.66. The first-order valence-electron chi connectivity index (χ1n) is 11.6. The number of urea groups is 1. The maximum atomic E-state index is 14.9. The SMILES string of the molecule is O=C(NC[C@@H]1CCCN1)Nc1nc2c(s1)-c1c(c(-c3cncnc3)nn1-c1ccccc1F)CC2. The molecule has 1 aliphatic heterocycles. The highest BCUT2D eigenvalue weighted by atomic mass is 32.1. The number of fused-ring (bicyclic) bond motifs is 3. The molecule has 0 bridgehead atoms. The van der Waals surface area contributed by atoms with Crippen molar-refractivity contribution in [3.63, 3.8) is 0 Å². The molecule has 11 heteroatoms. The number of thiazole rings is 1. The third-order valence-electron chi connectivity index (χ3n) is 6.31. The maximum absolute atomic E-state index is 14.9. The molecule has 2 amide bonds. The highest BCUT2D eigenvalue weighted by Crippen LogP contribution is 2.44. The zero-order valence-corrected chi connectivity index (χ0v) is 19.6. The van der Waals surface area contributed by atoms with Crippen LogP contribution in [0.15, 0.2) is 43.0 Å². The monoisotopic (exact) mass is 490 g/mol. The summed E-state index contributed by atoms with van der Waals surface area (Å²) < 4.78 is 16.5. The van der Waals surface area contributed by atoms with Crippen molar-refractivity contribution in [2.24, 2.45) is 0 Å². The molecule has 1 atom stereocenters. The summed E-state index contributed by atoms with van der Waals surface area (Å²) in [5.74, 6) is -0.372. The zero-order chi connectivity index (χ0) is 23.8. The van der Waals surface area contributed by atoms with Crippen LogP contribution in [-0.4, -0.2) is 49.9 Å². The Balaban J connectivity index is 1.36. The van der Waals surface area contributed by atoms with E-state index in [0.717, 1.165) is 52.5 Å². The van der Waals surface area contributed by atoms with E-state index in [-0.39, 0.29) is 11.8 Å². The van der Waals surface area contributed by atoms with Gasteiger partial charge in [0.25, 0.3) is 0 Å². The van der Waals surface area contributed by atoms with Gasteiger partial charge in [-0.05, 0) is 44.4 Å². The molecule has 4 heterocycles. The predicted molar refractivity (Wildman–Crippen MR) is 131 cm³/mol. The Morgan fingerprint density at radius 2 is 2.09 bits per heavy atom. The van der Waals surface area contributed by atoms with Crippen LogP contribution < -0.4 is 16.0 Å². The molecule has 0 unspecified atom stereocenters. The molecule has 0 radical (unpaired) electrons. The van der Waals surface area contributed by atoms with E-state index < -0.39 is 0 Å². The van der Waals surface area contributed by atoms with Gasteiger partial charge in [-0.1, -0.05) is 23.5 Å². The largest absolute Gasteiger partial charge is 0.336 e. The summed E-state index contributed by atoms with van der Waals surface area (Å²) in [6.45, 7) is 1.56. The van der Waals surface area contributed by atoms with Gasteiger partial charge < -0.3 is 10.6 Å². The summed E-state index contributed by atoms with van der Waals surface area (Å²) in [4.78, 5) is 26.3. The molecule has 0 saturated carbocycles. The number of nitrogens with zero attached hydrogens (tertiary/aromatic N) is 5. The first-order chi connectivity index (χ1) is 17.2. The Hall–Kier alpha value is -3.70. The molecule has 6 rings (SSSR count). The summed E-state index contributed by atoms with van der Waals surface area (Å²) in [5, 5.41) is 14.5. The normalized spacial score (nSPS) is 16.5. The lowest BCUT2D eigenvalue weighted by Crippen LogP contribution is -2.39. The van der Waals surface area contributed by atoms with E-state index in [2.05, 4.69) is 30.9 Å². The molecule has 2 aliphatic rings. The van der Waals surface area contributed by atoms with Crippen LogP contribution in [0.2, 0.25) is 0 Å². The van der Waals surface area contributed by atoms with Crippen molar-refractivity contribution in [3.05, 3.63) is 60.1 Å². The number of para-hydroxylation sites is 1. The number of aromatic nitrogens is 5. The lowest BCUT2D eigenvalue weighted by atomic mass is 9.96. The van der Waals surface area contributed by atoms with Gasteiger partial charge in [0, 0.05) is 36.1 Å². The predicted octanol–water partition coefficient (Wildman–Crippen LogP) is 3.56. The number of aryl methyl sites for hydroxylation is 1. The Morgan fingerprint density at radius 1 is 1.23 bits per heavy atom. The summed E-state index contributed by atoms with van der Waals surface area (Å²) >= 11 is 1.37. The summed E-state index contributed by atoms with van der Waals surface area (Å²) in [6.07, 6.45) is 8.45. The molecule has 1 fully saturated rings. The van der Waals surface area contributed by atoms with Gasteiger partial charge in [0.1, 0.15) is 17.8 Å². The van der Waals surface area contributed by atoms with Gasteiger partial charge in [-0.15, -0.1) is 0 Å². The fourth-order valence-corrected chi connectivity index (χ4v) is 5.73. The minimum Gasteiger partial charge on any atom is -0.336 e. The molecular weight excluding hydrogens is 467 g/mol. The van der Waals surface area contributed by atoms with Crippen molar-refractivity contribution in [3.8, 4) is 27.5 Å². The molecule has 4 aromatic rings. The highest BCUT2D eigenvalue weighted by Gasteiger charge is 2.31. The van der Waals surface area contributed by atoms with Gasteiger partial charge in [0.2, 0.25) is 0 Å². The van der Waals surface area contributed by atoms with Crippen molar-refractivity contribution < 1.29 is 9.18 Å². The first kappa shape index (κ1) is 21.8. The van der Waals surface area contributed by atoms with Crippen LogP contribution in [0.25, 0.3) is 27.5 Å². The number of hydrogen-bond donors (Lipinski definition) is 3. The van der Waals surface area contributed by atoms with Crippen LogP contribution in [0.3, 0.4) is 0 Å². The molecule has 178 valence electrons. The van der Waals surface area contributed by atoms with Crippen LogP contribution in [0.5, 0.6) is 0 Å². The third kappa shape index (κ3) is 4.17. The number of amides is 2. The zero-order valence-electron chi connectivity index (χ0n) is 18.8. The highest BCUT2D eigenvalue weighted by molar-refractivity contribution is 7.19. The number of rotatable bonds is 5. The Morgan fingerprint density at radius 3 is 2.89 bits per heavy atom. The smallest absolute Gasteiger partial charge is 0.321 e. The number of halogens is 1. The number of nitrogens with one attached hydrogen (secondary N) is 3. The van der Waals surface area contributed by atoms with Gasteiger partial charge in [-0.3, -0.25) is 5.32 Å². The number of anilines is 1. The number of carbonyl (C=O) groups is 1. The third-order valence-corrected chi connectivity index (χ3v) is 7.33. The Kier molecular flexibility index (Phi) is 5.71. The lowest BCUT2D eigenvalue weighted by molar-refractivity contribution is 0.251. The maximum Gasteiger partial charge on any atom is 0.321 e. The first-order valence-corrected chi connectivity index (χ1v) is 12.4. The topological polar surface area (TPSA) is 110 Å². The van der Waals surface area contributed by atoms with E-state index in [1.54, 1.807) is 35.3 Å². The van der Waals surface area contributed by atoms with Crippen molar-refractivity contribution in [1.29, 1.82) is 0 Å². The van der Waals surface area contributed by atoms with Gasteiger partial charge >= 0.3 is 6.03 Å². The van der Waals surface area contributed by atoms with E-state index in [9.17, 15) is 9.18 Å². The van der Waals surface area contributed by atoms with Gasteiger partial charge in [-0.2, -0.15) is 5.10 Å². The minimum atomic E-state index is -0.372. The van der Waals surface area contributed by atoms with Gasteiger partial charge in [0.05, 0.1) is 22.0 Å². The summed E-state index contributed by atoms with van der Waals surface area (Å²) in [6, 6.07) is 6.58. The quantitative estimate of drug-likeness (QED) is 0.395. The number of hydrogen-bond acceptors (Lipinski definition) is 7. The van der Waals surface area contributed by atoms with E-state index in [0.29, 0.717) is 36.2 Å². The lowest BCUT2D eigenvalue weighted by Gasteiger charge is -2.14. The van der Waals surface area contributed by atoms with Crippen molar-refractivity contribution in [1.82, 2.24) is 35.4 Å². The van der Waals surface area contributed by atoms with Crippen LogP contribution in [0.4, 0.5) is 14.3 Å². The fraction of sp³-hybridized carbons (Fsp3) is 0.292. The molecule has 1 saturated heterocycles. The molecular formula is C24H23FN8OS. The Bertz CT molecular complexity index is 1380. The van der Waals surface area contributed by atoms with Crippen LogP contribution >= 0.6 is 11.3 Å². The van der Waals surface area contributed by atoms with Crippen LogP contribution in [-0.2, 0) is 12.8 Å². The second-order valence-electron chi connectivity index (χ2n) is 8.59. The molecule has 35 heavy (non-hydrogen) atoms. The molecule has 1 aromatic carbocycles. The van der Waals surface area contributed by atoms with Crippen LogP contribution in [0, 0.1) is 5.82 Å². The van der Waals surface area contributed by atoms with E-state index in [1.807, 2.05) is 0 Å². The van der Waals surface area contributed by atoms with E-state index >= 15 is 0 Å². The minimum absolute atomic E-state index is 0.283. The van der Waals surface area contributed by atoms with Crippen molar-refractivity contribution >= 4 is 22.5 Å². The number of benzene rings is 1. The molecule has 1 aliphatic carbocycles. The van der Waals surface area contributed by atoms with Crippen molar-refractivity contribution in [2.45, 2.75) is 31.7 Å². The standard InChI is InChI=1S/C24H23FN8OS/c25-17-5-1-2-6-19(17)33-21-16(20(32-33)14-10-26-13-27-11-14)7-8-18-22(21)35-24(30-18)31-23(34)29-12-15-4-3-9-28-15/h1-2,5-6,10-11,13,15,28H,3-4,7-9,12H2,(H2,29,30,31,34)/t15-/m0/s1. The van der Waals surface area contributed by atoms with E-state index in [4.69, 9.17) is 5.10 Å². The second kappa shape index (κ2) is 9.16. The molecule has 9 nitrogen and oxygen atoms in total. The van der Waals surface area contributed by atoms with Crippen LogP contribution in [0.1, 0.15) is 24.1 Å². The summed E-state index contributed by atoms with van der Waals surface area (Å²) in [5.41, 5.74) is 4.48. The second-order valence-corrected chi connectivity index (χ2v) is 9.59. The molecule has 0 spiro atoms. The average molecular weight is 491 g/mol. The summed E-state index contributed by atoms with van der Waals surface area (Å²) in [7, 11) is 0. The Labute approximate surface area is 204 Å².